The minimum atomic E-state index is -0.646. The zero-order chi connectivity index (χ0) is 14.8. The molecule has 1 aromatic heterocycles. The van der Waals surface area contributed by atoms with Crippen molar-refractivity contribution >= 4 is 5.91 Å². The Bertz CT molecular complexity index is 494. The second kappa shape index (κ2) is 5.95. The van der Waals surface area contributed by atoms with Gasteiger partial charge in [-0.05, 0) is 52.5 Å². The van der Waals surface area contributed by atoms with Gasteiger partial charge in [0.05, 0.1) is 11.2 Å². The van der Waals surface area contributed by atoms with E-state index in [1.165, 1.54) is 24.2 Å². The van der Waals surface area contributed by atoms with Crippen molar-refractivity contribution < 1.29 is 4.79 Å². The van der Waals surface area contributed by atoms with E-state index in [0.29, 0.717) is 6.42 Å². The Kier molecular flexibility index (Phi) is 4.48. The van der Waals surface area contributed by atoms with Gasteiger partial charge in [-0.3, -0.25) is 4.79 Å². The number of carbonyl (C=O) groups excluding carboxylic acids is 1. The molecule has 5 nitrogen and oxygen atoms in total. The molecule has 1 atom stereocenters. The first kappa shape index (κ1) is 15.0. The van der Waals surface area contributed by atoms with E-state index in [1.807, 2.05) is 20.8 Å². The fraction of sp³-hybridized carbons (Fsp3) is 0.733. The Morgan fingerprint density at radius 1 is 1.45 bits per heavy atom. The first-order chi connectivity index (χ1) is 9.48. The Hall–Kier alpha value is -1.36. The van der Waals surface area contributed by atoms with E-state index in [-0.39, 0.29) is 5.91 Å². The second-order valence-corrected chi connectivity index (χ2v) is 5.89. The molecule has 20 heavy (non-hydrogen) atoms. The van der Waals surface area contributed by atoms with Crippen molar-refractivity contribution in [2.75, 3.05) is 6.54 Å². The molecule has 2 rings (SSSR count). The van der Waals surface area contributed by atoms with Crippen LogP contribution >= 0.6 is 0 Å². The molecule has 0 saturated heterocycles. The Balaban J connectivity index is 2.14. The number of rotatable bonds is 6. The number of hydrogen-bond donors (Lipinski definition) is 2. The molecule has 1 aliphatic rings. The van der Waals surface area contributed by atoms with E-state index in [4.69, 9.17) is 5.73 Å². The van der Waals surface area contributed by atoms with Crippen LogP contribution < -0.4 is 11.1 Å². The lowest BCUT2D eigenvalue weighted by Crippen LogP contribution is -2.53. The lowest BCUT2D eigenvalue weighted by atomic mass is 9.96. The molecule has 1 aliphatic carbocycles. The number of nitrogens with zero attached hydrogens (tertiary/aromatic N) is 2. The highest BCUT2D eigenvalue weighted by atomic mass is 16.1. The highest BCUT2D eigenvalue weighted by Gasteiger charge is 2.30. The van der Waals surface area contributed by atoms with Crippen molar-refractivity contribution in [2.24, 2.45) is 5.73 Å². The van der Waals surface area contributed by atoms with E-state index in [0.717, 1.165) is 31.8 Å². The number of fused-ring (bicyclic) bond motifs is 1. The Morgan fingerprint density at radius 3 is 2.80 bits per heavy atom. The molecule has 1 amide bonds. The van der Waals surface area contributed by atoms with Gasteiger partial charge >= 0.3 is 0 Å². The molecular formula is C15H26N4O. The van der Waals surface area contributed by atoms with Gasteiger partial charge in [0.2, 0.25) is 5.91 Å². The fourth-order valence-corrected chi connectivity index (χ4v) is 3.06. The van der Waals surface area contributed by atoms with E-state index < -0.39 is 5.54 Å². The minimum absolute atomic E-state index is 0.286. The second-order valence-electron chi connectivity index (χ2n) is 5.89. The summed E-state index contributed by atoms with van der Waals surface area (Å²) < 4.78 is 2.27. The normalized spacial score (nSPS) is 17.6. The van der Waals surface area contributed by atoms with Crippen LogP contribution in [0.5, 0.6) is 0 Å². The van der Waals surface area contributed by atoms with Crippen LogP contribution in [0.1, 0.15) is 50.3 Å². The third-order valence-electron chi connectivity index (χ3n) is 4.37. The van der Waals surface area contributed by atoms with Gasteiger partial charge in [-0.15, -0.1) is 0 Å². The van der Waals surface area contributed by atoms with Crippen molar-refractivity contribution in [1.29, 1.82) is 0 Å². The van der Waals surface area contributed by atoms with Crippen molar-refractivity contribution in [3.63, 3.8) is 0 Å². The molecule has 1 unspecified atom stereocenters. The van der Waals surface area contributed by atoms with Gasteiger partial charge in [-0.2, -0.15) is 0 Å². The number of nitrogens with two attached hydrogens (primary N) is 1. The molecule has 0 aliphatic heterocycles. The number of aromatic nitrogens is 2. The van der Waals surface area contributed by atoms with Crippen LogP contribution in [-0.4, -0.2) is 27.5 Å². The van der Waals surface area contributed by atoms with Gasteiger partial charge < -0.3 is 15.6 Å². The molecule has 0 bridgehead atoms. The summed E-state index contributed by atoms with van der Waals surface area (Å²) in [5.74, 6) is 0.770. The summed E-state index contributed by atoms with van der Waals surface area (Å²) in [6.07, 6.45) is 5.35. The number of aryl methyl sites for hydroxylation is 2. The SMILES string of the molecule is CCNC(C)(CCn1c(C)nc2c1CCCC2)C(N)=O. The minimum Gasteiger partial charge on any atom is -0.368 e. The lowest BCUT2D eigenvalue weighted by Gasteiger charge is -2.28. The summed E-state index contributed by atoms with van der Waals surface area (Å²) in [5, 5.41) is 3.21. The van der Waals surface area contributed by atoms with Crippen LogP contribution in [0.15, 0.2) is 0 Å². The predicted octanol–water partition coefficient (Wildman–Crippen LogP) is 1.31. The van der Waals surface area contributed by atoms with Crippen LogP contribution in [0.4, 0.5) is 0 Å². The highest BCUT2D eigenvalue weighted by molar-refractivity contribution is 5.84. The molecule has 112 valence electrons. The number of hydrogen-bond acceptors (Lipinski definition) is 3. The molecule has 0 radical (unpaired) electrons. The van der Waals surface area contributed by atoms with Gasteiger partial charge in [0.1, 0.15) is 5.82 Å². The van der Waals surface area contributed by atoms with E-state index in [1.54, 1.807) is 0 Å². The molecule has 0 fully saturated rings. The number of primary amides is 1. The monoisotopic (exact) mass is 278 g/mol. The number of carbonyl (C=O) groups is 1. The first-order valence-electron chi connectivity index (χ1n) is 7.57. The summed E-state index contributed by atoms with van der Waals surface area (Å²) in [6, 6.07) is 0. The van der Waals surface area contributed by atoms with Gasteiger partial charge in [-0.1, -0.05) is 6.92 Å². The smallest absolute Gasteiger partial charge is 0.237 e. The average Bonchev–Trinajstić information content (AvgIpc) is 2.72. The van der Waals surface area contributed by atoms with Crippen molar-refractivity contribution in [3.8, 4) is 0 Å². The topological polar surface area (TPSA) is 72.9 Å². The standard InChI is InChI=1S/C15H26N4O/c1-4-17-15(3,14(16)20)9-10-19-11(2)18-12-7-5-6-8-13(12)19/h17H,4-10H2,1-3H3,(H2,16,20). The molecular weight excluding hydrogens is 252 g/mol. The van der Waals surface area contributed by atoms with E-state index in [2.05, 4.69) is 14.9 Å². The molecule has 0 aromatic carbocycles. The third-order valence-corrected chi connectivity index (χ3v) is 4.37. The number of imidazole rings is 1. The third kappa shape index (κ3) is 2.87. The summed E-state index contributed by atoms with van der Waals surface area (Å²) >= 11 is 0. The molecule has 5 heteroatoms. The maximum Gasteiger partial charge on any atom is 0.237 e. The number of likely N-dealkylation sites (N-methyl/N-ethyl adjacent to an activating group) is 1. The van der Waals surface area contributed by atoms with Gasteiger partial charge in [-0.25, -0.2) is 4.98 Å². The van der Waals surface area contributed by atoms with Crippen LogP contribution in [0, 0.1) is 6.92 Å². The molecule has 0 spiro atoms. The molecule has 3 N–H and O–H groups in total. The zero-order valence-electron chi connectivity index (χ0n) is 12.8. The van der Waals surface area contributed by atoms with Crippen molar-refractivity contribution in [2.45, 2.75) is 65.0 Å². The lowest BCUT2D eigenvalue weighted by molar-refractivity contribution is -0.124. The first-order valence-corrected chi connectivity index (χ1v) is 7.57. The van der Waals surface area contributed by atoms with Gasteiger partial charge in [0.25, 0.3) is 0 Å². The van der Waals surface area contributed by atoms with Gasteiger partial charge in [0.15, 0.2) is 0 Å². The largest absolute Gasteiger partial charge is 0.368 e. The van der Waals surface area contributed by atoms with Crippen LogP contribution in [0.25, 0.3) is 0 Å². The van der Waals surface area contributed by atoms with Gasteiger partial charge in [0, 0.05) is 12.2 Å². The summed E-state index contributed by atoms with van der Waals surface area (Å²) in [7, 11) is 0. The van der Waals surface area contributed by atoms with Crippen LogP contribution in [0.3, 0.4) is 0 Å². The quantitative estimate of drug-likeness (QED) is 0.824. The highest BCUT2D eigenvalue weighted by Crippen LogP contribution is 2.23. The maximum absolute atomic E-state index is 11.7. The molecule has 1 aromatic rings. The Labute approximate surface area is 120 Å². The maximum atomic E-state index is 11.7. The Morgan fingerprint density at radius 2 is 2.15 bits per heavy atom. The summed E-state index contributed by atoms with van der Waals surface area (Å²) in [5.41, 5.74) is 7.51. The van der Waals surface area contributed by atoms with E-state index in [9.17, 15) is 4.79 Å². The molecule has 1 heterocycles. The van der Waals surface area contributed by atoms with Crippen LogP contribution in [0.2, 0.25) is 0 Å². The number of amides is 1. The van der Waals surface area contributed by atoms with Crippen molar-refractivity contribution in [1.82, 2.24) is 14.9 Å². The average molecular weight is 278 g/mol. The summed E-state index contributed by atoms with van der Waals surface area (Å²) in [4.78, 5) is 16.3. The van der Waals surface area contributed by atoms with E-state index >= 15 is 0 Å². The van der Waals surface area contributed by atoms with Crippen LogP contribution in [-0.2, 0) is 24.2 Å². The summed E-state index contributed by atoms with van der Waals surface area (Å²) in [6.45, 7) is 7.46. The van der Waals surface area contributed by atoms with Crippen molar-refractivity contribution in [3.05, 3.63) is 17.2 Å². The predicted molar refractivity (Wildman–Crippen MR) is 79.5 cm³/mol. The molecule has 0 saturated carbocycles. The number of nitrogens with one attached hydrogen (secondary N) is 1. The fourth-order valence-electron chi connectivity index (χ4n) is 3.06. The zero-order valence-corrected chi connectivity index (χ0v) is 12.8.